The van der Waals surface area contributed by atoms with Crippen LogP contribution in [0.1, 0.15) is 24.0 Å². The second-order valence-corrected chi connectivity index (χ2v) is 6.47. The van der Waals surface area contributed by atoms with Crippen LogP contribution < -0.4 is 0 Å². The Morgan fingerprint density at radius 2 is 1.87 bits per heavy atom. The van der Waals surface area contributed by atoms with Gasteiger partial charge in [0.25, 0.3) is 0 Å². The molecule has 2 aromatic rings. The lowest BCUT2D eigenvalue weighted by atomic mass is 10.0. The smallest absolute Gasteiger partial charge is 0.123 e. The number of nitrogens with zero attached hydrogens (tertiary/aromatic N) is 1. The first kappa shape index (κ1) is 16.2. The van der Waals surface area contributed by atoms with Crippen molar-refractivity contribution in [3.63, 3.8) is 0 Å². The van der Waals surface area contributed by atoms with E-state index in [1.54, 1.807) is 12.1 Å². The van der Waals surface area contributed by atoms with E-state index in [4.69, 9.17) is 0 Å². The van der Waals surface area contributed by atoms with Crippen molar-refractivity contribution in [3.05, 3.63) is 71.5 Å². The average molecular weight is 313 g/mol. The molecule has 0 bridgehead atoms. The summed E-state index contributed by atoms with van der Waals surface area (Å²) in [5.74, 6) is -0.170. The highest BCUT2D eigenvalue weighted by molar-refractivity contribution is 5.18. The Bertz CT molecular complexity index is 616. The van der Waals surface area contributed by atoms with Crippen LogP contribution in [0.2, 0.25) is 0 Å². The van der Waals surface area contributed by atoms with Gasteiger partial charge in [0.15, 0.2) is 0 Å². The van der Waals surface area contributed by atoms with Crippen molar-refractivity contribution in [1.29, 1.82) is 0 Å². The van der Waals surface area contributed by atoms with Gasteiger partial charge in [0.1, 0.15) is 5.82 Å². The minimum Gasteiger partial charge on any atom is -0.391 e. The van der Waals surface area contributed by atoms with E-state index >= 15 is 0 Å². The maximum absolute atomic E-state index is 13.3. The Morgan fingerprint density at radius 3 is 2.65 bits per heavy atom. The molecule has 23 heavy (non-hydrogen) atoms. The first-order chi connectivity index (χ1) is 11.2. The number of likely N-dealkylation sites (tertiary alicyclic amines) is 1. The molecule has 2 unspecified atom stereocenters. The van der Waals surface area contributed by atoms with Gasteiger partial charge in [0, 0.05) is 12.6 Å². The van der Waals surface area contributed by atoms with E-state index in [1.807, 2.05) is 24.3 Å². The predicted octanol–water partition coefficient (Wildman–Crippen LogP) is 3.44. The van der Waals surface area contributed by atoms with Gasteiger partial charge in [-0.05, 0) is 55.5 Å². The van der Waals surface area contributed by atoms with Crippen molar-refractivity contribution in [2.24, 2.45) is 0 Å². The van der Waals surface area contributed by atoms with E-state index in [1.165, 1.54) is 11.6 Å². The molecule has 0 spiro atoms. The minimum atomic E-state index is -0.356. The maximum atomic E-state index is 13.3. The zero-order chi connectivity index (χ0) is 16.1. The summed E-state index contributed by atoms with van der Waals surface area (Å²) in [4.78, 5) is 2.36. The Labute approximate surface area is 137 Å². The fourth-order valence-corrected chi connectivity index (χ4v) is 3.52. The van der Waals surface area contributed by atoms with Crippen LogP contribution in [-0.2, 0) is 12.8 Å². The van der Waals surface area contributed by atoms with Gasteiger partial charge < -0.3 is 5.11 Å². The van der Waals surface area contributed by atoms with Gasteiger partial charge in [0.05, 0.1) is 6.10 Å². The highest BCUT2D eigenvalue weighted by Crippen LogP contribution is 2.22. The second-order valence-electron chi connectivity index (χ2n) is 6.47. The maximum Gasteiger partial charge on any atom is 0.123 e. The molecule has 3 rings (SSSR count). The van der Waals surface area contributed by atoms with Crippen LogP contribution in [0.3, 0.4) is 0 Å². The average Bonchev–Trinajstić information content (AvgIpc) is 2.95. The number of rotatable bonds is 6. The molecule has 0 amide bonds. The van der Waals surface area contributed by atoms with Gasteiger partial charge in [0.2, 0.25) is 0 Å². The quantitative estimate of drug-likeness (QED) is 0.883. The number of halogens is 1. The number of β-amino-alcohol motifs (C(OH)–C–C–N with tert-alkyl or cyclic N) is 1. The molecule has 122 valence electrons. The number of aliphatic hydroxyl groups excluding tert-OH is 1. The SMILES string of the molecule is OC(Cc1ccccc1)CN1CCCC1Cc1cccc(F)c1. The number of hydrogen-bond donors (Lipinski definition) is 1. The van der Waals surface area contributed by atoms with Crippen LogP contribution in [0.5, 0.6) is 0 Å². The Kier molecular flexibility index (Phi) is 5.42. The van der Waals surface area contributed by atoms with Gasteiger partial charge in [-0.15, -0.1) is 0 Å². The minimum absolute atomic E-state index is 0.170. The summed E-state index contributed by atoms with van der Waals surface area (Å²) in [6.07, 6.45) is 3.46. The van der Waals surface area contributed by atoms with E-state index in [-0.39, 0.29) is 11.9 Å². The summed E-state index contributed by atoms with van der Waals surface area (Å²) in [5.41, 5.74) is 2.21. The number of aliphatic hydroxyl groups is 1. The lowest BCUT2D eigenvalue weighted by Crippen LogP contribution is -2.38. The molecule has 1 N–H and O–H groups in total. The standard InChI is InChI=1S/C20H24FNO/c21-18-9-4-8-17(12-18)13-19-10-5-11-22(19)15-20(23)14-16-6-2-1-3-7-16/h1-4,6-9,12,19-20,23H,5,10-11,13-15H2. The van der Waals surface area contributed by atoms with Gasteiger partial charge in [-0.1, -0.05) is 42.5 Å². The van der Waals surface area contributed by atoms with E-state index in [2.05, 4.69) is 17.0 Å². The van der Waals surface area contributed by atoms with Crippen LogP contribution in [0, 0.1) is 5.82 Å². The van der Waals surface area contributed by atoms with Crippen molar-refractivity contribution in [2.45, 2.75) is 37.8 Å². The Hall–Kier alpha value is -1.71. The summed E-state index contributed by atoms with van der Waals surface area (Å²) in [6, 6.07) is 17.4. The van der Waals surface area contributed by atoms with E-state index in [0.717, 1.165) is 31.4 Å². The molecule has 3 heteroatoms. The molecule has 2 nitrogen and oxygen atoms in total. The first-order valence-corrected chi connectivity index (χ1v) is 8.41. The summed E-state index contributed by atoms with van der Waals surface area (Å²) < 4.78 is 13.3. The second kappa shape index (κ2) is 7.71. The Balaban J connectivity index is 1.56. The van der Waals surface area contributed by atoms with Gasteiger partial charge in [-0.2, -0.15) is 0 Å². The third-order valence-corrected chi connectivity index (χ3v) is 4.62. The molecule has 1 aliphatic heterocycles. The monoisotopic (exact) mass is 313 g/mol. The first-order valence-electron chi connectivity index (χ1n) is 8.41. The van der Waals surface area contributed by atoms with E-state index in [0.29, 0.717) is 19.0 Å². The van der Waals surface area contributed by atoms with Crippen LogP contribution in [0.15, 0.2) is 54.6 Å². The molecule has 2 atom stereocenters. The van der Waals surface area contributed by atoms with E-state index in [9.17, 15) is 9.50 Å². The molecule has 0 saturated carbocycles. The topological polar surface area (TPSA) is 23.5 Å². The predicted molar refractivity (Wildman–Crippen MR) is 90.9 cm³/mol. The molecule has 1 heterocycles. The van der Waals surface area contributed by atoms with Crippen LogP contribution in [-0.4, -0.2) is 35.2 Å². The molecular formula is C20H24FNO. The molecule has 1 fully saturated rings. The zero-order valence-corrected chi connectivity index (χ0v) is 13.4. The van der Waals surface area contributed by atoms with Crippen molar-refractivity contribution < 1.29 is 9.50 Å². The fourth-order valence-electron chi connectivity index (χ4n) is 3.52. The van der Waals surface area contributed by atoms with Crippen molar-refractivity contribution >= 4 is 0 Å². The van der Waals surface area contributed by atoms with Crippen molar-refractivity contribution in [1.82, 2.24) is 4.90 Å². The normalized spacial score (nSPS) is 19.8. The highest BCUT2D eigenvalue weighted by atomic mass is 19.1. The van der Waals surface area contributed by atoms with E-state index < -0.39 is 0 Å². The molecule has 1 aliphatic rings. The third kappa shape index (κ3) is 4.63. The summed E-state index contributed by atoms with van der Waals surface area (Å²) in [5, 5.41) is 10.4. The third-order valence-electron chi connectivity index (χ3n) is 4.62. The van der Waals surface area contributed by atoms with Crippen LogP contribution >= 0.6 is 0 Å². The summed E-state index contributed by atoms with van der Waals surface area (Å²) in [6.45, 7) is 1.71. The molecule has 0 aromatic heterocycles. The zero-order valence-electron chi connectivity index (χ0n) is 13.4. The lowest BCUT2D eigenvalue weighted by molar-refractivity contribution is 0.106. The molecule has 0 aliphatic carbocycles. The van der Waals surface area contributed by atoms with Gasteiger partial charge in [-0.25, -0.2) is 4.39 Å². The molecule has 1 saturated heterocycles. The highest BCUT2D eigenvalue weighted by Gasteiger charge is 2.26. The van der Waals surface area contributed by atoms with Crippen LogP contribution in [0.4, 0.5) is 4.39 Å². The molecule has 2 aromatic carbocycles. The largest absolute Gasteiger partial charge is 0.391 e. The summed E-state index contributed by atoms with van der Waals surface area (Å²) in [7, 11) is 0. The van der Waals surface area contributed by atoms with Crippen molar-refractivity contribution in [2.75, 3.05) is 13.1 Å². The van der Waals surface area contributed by atoms with Crippen molar-refractivity contribution in [3.8, 4) is 0 Å². The van der Waals surface area contributed by atoms with Gasteiger partial charge >= 0.3 is 0 Å². The molecular weight excluding hydrogens is 289 g/mol. The van der Waals surface area contributed by atoms with Crippen LogP contribution in [0.25, 0.3) is 0 Å². The van der Waals surface area contributed by atoms with Gasteiger partial charge in [-0.3, -0.25) is 4.90 Å². The summed E-state index contributed by atoms with van der Waals surface area (Å²) >= 11 is 0. The fraction of sp³-hybridized carbons (Fsp3) is 0.400. The number of benzene rings is 2. The number of hydrogen-bond acceptors (Lipinski definition) is 2. The molecule has 0 radical (unpaired) electrons. The lowest BCUT2D eigenvalue weighted by Gasteiger charge is -2.27. The Morgan fingerprint density at radius 1 is 1.09 bits per heavy atom.